The molecule has 3 N–H and O–H groups in total. The molecule has 1 rings (SSSR count). The number of rotatable bonds is 6. The van der Waals surface area contributed by atoms with Crippen molar-refractivity contribution in [2.45, 2.75) is 25.5 Å². The Balaban J connectivity index is 2.49. The quantitative estimate of drug-likeness (QED) is 0.685. The molecule has 2 unspecified atom stereocenters. The van der Waals surface area contributed by atoms with Gasteiger partial charge < -0.3 is 15.5 Å². The zero-order valence-electron chi connectivity index (χ0n) is 9.36. The van der Waals surface area contributed by atoms with Gasteiger partial charge in [0.2, 0.25) is 0 Å². The fraction of sp³-hybridized carbons (Fsp3) is 0.500. The lowest BCUT2D eigenvalue weighted by molar-refractivity contribution is 0.157. The minimum atomic E-state index is -0.753. The molecule has 0 spiro atoms. The van der Waals surface area contributed by atoms with Crippen LogP contribution in [0.3, 0.4) is 0 Å². The van der Waals surface area contributed by atoms with Crippen LogP contribution >= 0.6 is 0 Å². The highest BCUT2D eigenvalue weighted by Gasteiger charge is 2.10. The molecular weight excluding hydrogens is 209 g/mol. The largest absolute Gasteiger partial charge is 0.395 e. The van der Waals surface area contributed by atoms with E-state index in [0.717, 1.165) is 6.42 Å². The molecule has 4 heteroatoms. The molecule has 90 valence electrons. The van der Waals surface area contributed by atoms with Crippen molar-refractivity contribution in [3.8, 4) is 0 Å². The summed E-state index contributed by atoms with van der Waals surface area (Å²) in [6.45, 7) is 2.29. The van der Waals surface area contributed by atoms with Crippen molar-refractivity contribution in [3.63, 3.8) is 0 Å². The van der Waals surface area contributed by atoms with Gasteiger partial charge >= 0.3 is 0 Å². The van der Waals surface area contributed by atoms with Crippen LogP contribution in [-0.2, 0) is 0 Å². The Labute approximate surface area is 94.9 Å². The Kier molecular flexibility index (Phi) is 5.38. The van der Waals surface area contributed by atoms with Crippen molar-refractivity contribution in [2.75, 3.05) is 13.2 Å². The molecule has 0 amide bonds. The first-order chi connectivity index (χ1) is 7.67. The highest BCUT2D eigenvalue weighted by molar-refractivity contribution is 5.18. The van der Waals surface area contributed by atoms with E-state index in [9.17, 15) is 9.50 Å². The van der Waals surface area contributed by atoms with Crippen LogP contribution in [0.2, 0.25) is 0 Å². The van der Waals surface area contributed by atoms with Gasteiger partial charge in [-0.05, 0) is 24.1 Å². The van der Waals surface area contributed by atoms with Crippen LogP contribution in [0.4, 0.5) is 4.39 Å². The van der Waals surface area contributed by atoms with Gasteiger partial charge in [0, 0.05) is 12.6 Å². The van der Waals surface area contributed by atoms with Crippen LogP contribution in [0.1, 0.15) is 25.0 Å². The summed E-state index contributed by atoms with van der Waals surface area (Å²) in [5, 5.41) is 21.7. The van der Waals surface area contributed by atoms with Gasteiger partial charge in [-0.15, -0.1) is 0 Å². The molecule has 0 radical (unpaired) electrons. The molecular formula is C12H18FNO2. The molecule has 1 aromatic rings. The predicted molar refractivity (Wildman–Crippen MR) is 60.5 cm³/mol. The first kappa shape index (κ1) is 13.1. The van der Waals surface area contributed by atoms with Crippen molar-refractivity contribution in [3.05, 3.63) is 35.6 Å². The summed E-state index contributed by atoms with van der Waals surface area (Å²) >= 11 is 0. The summed E-state index contributed by atoms with van der Waals surface area (Å²) in [6, 6.07) is 5.87. The van der Waals surface area contributed by atoms with Crippen molar-refractivity contribution in [2.24, 2.45) is 0 Å². The monoisotopic (exact) mass is 227 g/mol. The molecule has 0 aliphatic rings. The SMILES string of the molecule is CCC(CO)NCC(O)c1cccc(F)c1. The number of halogens is 1. The molecule has 0 aromatic heterocycles. The van der Waals surface area contributed by atoms with E-state index < -0.39 is 6.10 Å². The highest BCUT2D eigenvalue weighted by Crippen LogP contribution is 2.13. The molecule has 1 aromatic carbocycles. The molecule has 16 heavy (non-hydrogen) atoms. The summed E-state index contributed by atoms with van der Waals surface area (Å²) in [6.07, 6.45) is 0.0307. The van der Waals surface area contributed by atoms with Gasteiger partial charge in [-0.3, -0.25) is 0 Å². The number of benzene rings is 1. The number of aliphatic hydroxyl groups excluding tert-OH is 2. The lowest BCUT2D eigenvalue weighted by Gasteiger charge is -2.17. The van der Waals surface area contributed by atoms with Crippen molar-refractivity contribution >= 4 is 0 Å². The lowest BCUT2D eigenvalue weighted by atomic mass is 10.1. The lowest BCUT2D eigenvalue weighted by Crippen LogP contribution is -2.34. The molecule has 0 fully saturated rings. The summed E-state index contributed by atoms with van der Waals surface area (Å²) in [5.74, 6) is -0.356. The van der Waals surface area contributed by atoms with E-state index >= 15 is 0 Å². The number of aliphatic hydroxyl groups is 2. The second-order valence-corrected chi connectivity index (χ2v) is 3.77. The second kappa shape index (κ2) is 6.58. The molecule has 0 heterocycles. The maximum absolute atomic E-state index is 12.9. The predicted octanol–water partition coefficient (Wildman–Crippen LogP) is 1.22. The van der Waals surface area contributed by atoms with Gasteiger partial charge in [0.05, 0.1) is 12.7 Å². The van der Waals surface area contributed by atoms with E-state index in [0.29, 0.717) is 12.1 Å². The minimum absolute atomic E-state index is 0.0248. The number of hydrogen-bond acceptors (Lipinski definition) is 3. The highest BCUT2D eigenvalue weighted by atomic mass is 19.1. The Morgan fingerprint density at radius 1 is 1.44 bits per heavy atom. The standard InChI is InChI=1S/C12H18FNO2/c1-2-11(8-15)14-7-12(16)9-4-3-5-10(13)6-9/h3-6,11-12,14-16H,2,7-8H2,1H3. The van der Waals surface area contributed by atoms with Crippen molar-refractivity contribution < 1.29 is 14.6 Å². The normalized spacial score (nSPS) is 14.8. The van der Waals surface area contributed by atoms with Gasteiger partial charge in [0.25, 0.3) is 0 Å². The van der Waals surface area contributed by atoms with E-state index in [2.05, 4.69) is 5.32 Å². The fourth-order valence-corrected chi connectivity index (χ4v) is 1.45. The Morgan fingerprint density at radius 3 is 2.75 bits per heavy atom. The van der Waals surface area contributed by atoms with Crippen LogP contribution in [0, 0.1) is 5.82 Å². The van der Waals surface area contributed by atoms with E-state index in [1.54, 1.807) is 12.1 Å². The van der Waals surface area contributed by atoms with Crippen LogP contribution in [0.15, 0.2) is 24.3 Å². The van der Waals surface area contributed by atoms with E-state index in [4.69, 9.17) is 5.11 Å². The Hall–Kier alpha value is -0.970. The molecule has 3 nitrogen and oxygen atoms in total. The zero-order valence-corrected chi connectivity index (χ0v) is 9.36. The fourth-order valence-electron chi connectivity index (χ4n) is 1.45. The first-order valence-electron chi connectivity index (χ1n) is 5.45. The van der Waals surface area contributed by atoms with E-state index in [1.165, 1.54) is 12.1 Å². The maximum Gasteiger partial charge on any atom is 0.123 e. The van der Waals surface area contributed by atoms with E-state index in [-0.39, 0.29) is 18.5 Å². The molecule has 0 saturated heterocycles. The third-order valence-corrected chi connectivity index (χ3v) is 2.55. The van der Waals surface area contributed by atoms with Gasteiger partial charge in [0.1, 0.15) is 5.82 Å². The third kappa shape index (κ3) is 3.89. The summed E-state index contributed by atoms with van der Waals surface area (Å²) in [7, 11) is 0. The van der Waals surface area contributed by atoms with Gasteiger partial charge in [-0.25, -0.2) is 4.39 Å². The molecule has 0 aliphatic carbocycles. The van der Waals surface area contributed by atoms with Gasteiger partial charge in [-0.1, -0.05) is 19.1 Å². The van der Waals surface area contributed by atoms with Crippen LogP contribution < -0.4 is 5.32 Å². The zero-order chi connectivity index (χ0) is 12.0. The second-order valence-electron chi connectivity index (χ2n) is 3.77. The number of hydrogen-bond donors (Lipinski definition) is 3. The maximum atomic E-state index is 12.9. The average molecular weight is 227 g/mol. The van der Waals surface area contributed by atoms with Crippen LogP contribution in [0.5, 0.6) is 0 Å². The van der Waals surface area contributed by atoms with Crippen LogP contribution in [-0.4, -0.2) is 29.4 Å². The smallest absolute Gasteiger partial charge is 0.123 e. The molecule has 0 aliphatic heterocycles. The number of nitrogens with one attached hydrogen (secondary N) is 1. The summed E-state index contributed by atoms with van der Waals surface area (Å²) in [5.41, 5.74) is 0.542. The Bertz CT molecular complexity index is 316. The van der Waals surface area contributed by atoms with E-state index in [1.807, 2.05) is 6.92 Å². The average Bonchev–Trinajstić information content (AvgIpc) is 2.30. The van der Waals surface area contributed by atoms with Crippen molar-refractivity contribution in [1.82, 2.24) is 5.32 Å². The molecule has 0 saturated carbocycles. The Morgan fingerprint density at radius 2 is 2.19 bits per heavy atom. The van der Waals surface area contributed by atoms with Gasteiger partial charge in [0.15, 0.2) is 0 Å². The minimum Gasteiger partial charge on any atom is -0.395 e. The first-order valence-corrected chi connectivity index (χ1v) is 5.45. The molecule has 0 bridgehead atoms. The van der Waals surface area contributed by atoms with Gasteiger partial charge in [-0.2, -0.15) is 0 Å². The summed E-state index contributed by atoms with van der Waals surface area (Å²) in [4.78, 5) is 0. The van der Waals surface area contributed by atoms with Crippen LogP contribution in [0.25, 0.3) is 0 Å². The third-order valence-electron chi connectivity index (χ3n) is 2.55. The topological polar surface area (TPSA) is 52.5 Å². The van der Waals surface area contributed by atoms with Crippen molar-refractivity contribution in [1.29, 1.82) is 0 Å². The molecule has 2 atom stereocenters. The summed E-state index contributed by atoms with van der Waals surface area (Å²) < 4.78 is 12.9.